The van der Waals surface area contributed by atoms with Crippen molar-refractivity contribution in [2.24, 2.45) is 12.8 Å². The number of carbonyl (C=O) groups is 1. The van der Waals surface area contributed by atoms with Crippen molar-refractivity contribution in [1.29, 1.82) is 0 Å². The highest BCUT2D eigenvalue weighted by atomic mass is 32.2. The lowest BCUT2D eigenvalue weighted by atomic mass is 10.0. The predicted octanol–water partition coefficient (Wildman–Crippen LogP) is 3.15. The van der Waals surface area contributed by atoms with Crippen LogP contribution in [0.15, 0.2) is 53.7 Å². The van der Waals surface area contributed by atoms with E-state index in [1.54, 1.807) is 17.8 Å². The van der Waals surface area contributed by atoms with Crippen molar-refractivity contribution < 1.29 is 23.1 Å². The van der Waals surface area contributed by atoms with E-state index in [4.69, 9.17) is 5.73 Å². The Balaban J connectivity index is 1.33. The third-order valence-electron chi connectivity index (χ3n) is 5.56. The summed E-state index contributed by atoms with van der Waals surface area (Å²) in [5.74, 6) is -0.111. The molecule has 0 spiro atoms. The molecule has 180 valence electrons. The lowest BCUT2D eigenvalue weighted by Gasteiger charge is -2.35. The number of amides is 1. The maximum Gasteiger partial charge on any atom is 0.417 e. The average Bonchev–Trinajstić information content (AvgIpc) is 3.17. The minimum absolute atomic E-state index is 0.186. The van der Waals surface area contributed by atoms with E-state index in [1.807, 2.05) is 28.6 Å². The lowest BCUT2D eigenvalue weighted by molar-refractivity contribution is -0.137. The summed E-state index contributed by atoms with van der Waals surface area (Å²) in [7, 11) is 1.73. The minimum atomic E-state index is -4.43. The van der Waals surface area contributed by atoms with Crippen molar-refractivity contribution in [3.8, 4) is 11.3 Å². The van der Waals surface area contributed by atoms with Crippen LogP contribution in [0, 0.1) is 0 Å². The quantitative estimate of drug-likeness (QED) is 0.454. The fourth-order valence-electron chi connectivity index (χ4n) is 3.73. The van der Waals surface area contributed by atoms with E-state index < -0.39 is 23.8 Å². The number of imidazole rings is 1. The number of nitrogens with two attached hydrogens (primary N) is 1. The predicted molar refractivity (Wildman–Crippen MR) is 122 cm³/mol. The van der Waals surface area contributed by atoms with E-state index in [2.05, 4.69) is 15.3 Å². The van der Waals surface area contributed by atoms with Crippen LogP contribution in [0.2, 0.25) is 0 Å². The molecule has 1 amide bonds. The van der Waals surface area contributed by atoms with Crippen LogP contribution in [0.5, 0.6) is 0 Å². The summed E-state index contributed by atoms with van der Waals surface area (Å²) < 4.78 is 41.7. The molecule has 0 aliphatic carbocycles. The molecule has 0 bridgehead atoms. The molecule has 2 aromatic heterocycles. The van der Waals surface area contributed by atoms with E-state index in [1.165, 1.54) is 18.0 Å². The number of rotatable bonds is 6. The van der Waals surface area contributed by atoms with Crippen molar-refractivity contribution in [3.05, 3.63) is 60.2 Å². The first-order valence-electron chi connectivity index (χ1n) is 10.4. The van der Waals surface area contributed by atoms with Crippen molar-refractivity contribution in [2.75, 3.05) is 18.4 Å². The van der Waals surface area contributed by atoms with E-state index in [9.17, 15) is 23.1 Å². The summed E-state index contributed by atoms with van der Waals surface area (Å²) in [6, 6.07) is 9.66. The van der Waals surface area contributed by atoms with Gasteiger partial charge < -0.3 is 20.7 Å². The second kappa shape index (κ2) is 9.65. The van der Waals surface area contributed by atoms with Gasteiger partial charge in [0.15, 0.2) is 5.82 Å². The number of nitrogens with zero attached hydrogens (tertiary/aromatic N) is 4. The van der Waals surface area contributed by atoms with Gasteiger partial charge in [-0.05, 0) is 48.2 Å². The number of primary amides is 1. The van der Waals surface area contributed by atoms with Gasteiger partial charge in [0.25, 0.3) is 5.91 Å². The Morgan fingerprint density at radius 2 is 1.91 bits per heavy atom. The van der Waals surface area contributed by atoms with Crippen LogP contribution >= 0.6 is 11.9 Å². The number of carbonyl (C=O) groups excluding carboxylic acids is 1. The molecule has 1 saturated heterocycles. The number of nitrogens with one attached hydrogen (secondary N) is 1. The van der Waals surface area contributed by atoms with Gasteiger partial charge in [-0.2, -0.15) is 13.2 Å². The standard InChI is InChI=1S/C22H23F3N6O2S/c1-30-17(11-28-21(30)20(26)33)13-2-5-15(6-3-13)34-31-9-8-16(18(32)12-31)29-19-7-4-14(10-27-19)22(23,24)25/h2-7,10-11,16,18,32H,8-9,12H2,1H3,(H2,26,33)(H,27,29). The van der Waals surface area contributed by atoms with Gasteiger partial charge in [0.05, 0.1) is 29.6 Å². The van der Waals surface area contributed by atoms with Crippen LogP contribution < -0.4 is 11.1 Å². The minimum Gasteiger partial charge on any atom is -0.390 e. The number of piperidine rings is 1. The zero-order chi connectivity index (χ0) is 24.5. The number of hydrogen-bond donors (Lipinski definition) is 3. The maximum atomic E-state index is 12.7. The van der Waals surface area contributed by atoms with E-state index in [-0.39, 0.29) is 11.9 Å². The number of aromatic nitrogens is 3. The highest BCUT2D eigenvalue weighted by molar-refractivity contribution is 7.97. The molecule has 1 aliphatic rings. The summed E-state index contributed by atoms with van der Waals surface area (Å²) in [6.45, 7) is 1.06. The van der Waals surface area contributed by atoms with Crippen LogP contribution in [0.1, 0.15) is 22.6 Å². The molecule has 34 heavy (non-hydrogen) atoms. The van der Waals surface area contributed by atoms with Gasteiger partial charge in [-0.3, -0.25) is 4.79 Å². The summed E-state index contributed by atoms with van der Waals surface area (Å²) in [6.07, 6.45) is -2.17. The molecule has 12 heteroatoms. The van der Waals surface area contributed by atoms with Crippen LogP contribution in [-0.4, -0.2) is 55.1 Å². The summed E-state index contributed by atoms with van der Waals surface area (Å²) in [5.41, 5.74) is 6.16. The number of β-amino-alcohol motifs (C(OH)–C–C–N with tert-alkyl or cyclic N) is 1. The van der Waals surface area contributed by atoms with Gasteiger partial charge in [-0.15, -0.1) is 0 Å². The number of halogens is 3. The highest BCUT2D eigenvalue weighted by Crippen LogP contribution is 2.31. The molecular weight excluding hydrogens is 469 g/mol. The molecule has 4 rings (SSSR count). The van der Waals surface area contributed by atoms with Crippen LogP contribution in [-0.2, 0) is 13.2 Å². The Morgan fingerprint density at radius 3 is 2.47 bits per heavy atom. The molecule has 3 heterocycles. The van der Waals surface area contributed by atoms with E-state index in [0.29, 0.717) is 25.3 Å². The topological polar surface area (TPSA) is 109 Å². The Hall–Kier alpha value is -3.09. The molecule has 1 fully saturated rings. The summed E-state index contributed by atoms with van der Waals surface area (Å²) in [4.78, 5) is 20.3. The number of alkyl halides is 3. The van der Waals surface area contributed by atoms with Crippen molar-refractivity contribution in [2.45, 2.75) is 29.6 Å². The fourth-order valence-corrected chi connectivity index (χ4v) is 4.71. The zero-order valence-corrected chi connectivity index (χ0v) is 19.0. The highest BCUT2D eigenvalue weighted by Gasteiger charge is 2.31. The van der Waals surface area contributed by atoms with Crippen molar-refractivity contribution in [1.82, 2.24) is 18.8 Å². The van der Waals surface area contributed by atoms with Gasteiger partial charge in [0.2, 0.25) is 0 Å². The molecule has 1 aliphatic heterocycles. The van der Waals surface area contributed by atoms with Crippen molar-refractivity contribution in [3.63, 3.8) is 0 Å². The molecule has 0 radical (unpaired) electrons. The lowest BCUT2D eigenvalue weighted by Crippen LogP contribution is -2.47. The summed E-state index contributed by atoms with van der Waals surface area (Å²) >= 11 is 1.51. The third-order valence-corrected chi connectivity index (χ3v) is 6.63. The fraction of sp³-hybridized carbons (Fsp3) is 0.318. The number of aliphatic hydroxyl groups excluding tert-OH is 1. The van der Waals surface area contributed by atoms with Crippen LogP contribution in [0.3, 0.4) is 0 Å². The monoisotopic (exact) mass is 492 g/mol. The number of pyridine rings is 1. The first-order chi connectivity index (χ1) is 16.1. The van der Waals surface area contributed by atoms with Gasteiger partial charge in [0, 0.05) is 31.2 Å². The average molecular weight is 493 g/mol. The first kappa shape index (κ1) is 24.0. The molecular formula is C22H23F3N6O2S. The van der Waals surface area contributed by atoms with Crippen LogP contribution in [0.25, 0.3) is 11.3 Å². The SMILES string of the molecule is Cn1c(-c2ccc(SN3CCC(Nc4ccc(C(F)(F)F)cn4)C(O)C3)cc2)cnc1C(N)=O. The first-order valence-corrected chi connectivity index (χ1v) is 11.2. The second-order valence-corrected chi connectivity index (χ2v) is 9.10. The largest absolute Gasteiger partial charge is 0.417 e. The number of aliphatic hydroxyl groups is 1. The Morgan fingerprint density at radius 1 is 1.18 bits per heavy atom. The molecule has 8 nitrogen and oxygen atoms in total. The normalized spacial score (nSPS) is 19.2. The summed E-state index contributed by atoms with van der Waals surface area (Å²) in [5, 5.41) is 13.6. The van der Waals surface area contributed by atoms with Gasteiger partial charge in [-0.1, -0.05) is 12.1 Å². The molecule has 0 saturated carbocycles. The Bertz CT molecular complexity index is 1150. The van der Waals surface area contributed by atoms with Gasteiger partial charge >= 0.3 is 6.18 Å². The zero-order valence-electron chi connectivity index (χ0n) is 18.2. The molecule has 2 atom stereocenters. The second-order valence-electron chi connectivity index (χ2n) is 7.93. The smallest absolute Gasteiger partial charge is 0.390 e. The van der Waals surface area contributed by atoms with Gasteiger partial charge in [0.1, 0.15) is 5.82 Å². The molecule has 4 N–H and O–H groups in total. The van der Waals surface area contributed by atoms with Crippen LogP contribution in [0.4, 0.5) is 19.0 Å². The van der Waals surface area contributed by atoms with Crippen molar-refractivity contribution >= 4 is 23.7 Å². The van der Waals surface area contributed by atoms with E-state index in [0.717, 1.165) is 28.4 Å². The number of anilines is 1. The number of benzene rings is 1. The third kappa shape index (κ3) is 5.34. The molecule has 3 aromatic rings. The van der Waals surface area contributed by atoms with Gasteiger partial charge in [-0.25, -0.2) is 14.3 Å². The van der Waals surface area contributed by atoms with E-state index >= 15 is 0 Å². The Kier molecular flexibility index (Phi) is 6.82. The maximum absolute atomic E-state index is 12.7. The number of hydrogen-bond acceptors (Lipinski definition) is 7. The Labute approximate surface area is 198 Å². The molecule has 2 unspecified atom stereocenters. The molecule has 1 aromatic carbocycles.